The van der Waals surface area contributed by atoms with Crippen molar-refractivity contribution in [2.45, 2.75) is 11.7 Å². The fourth-order valence-corrected chi connectivity index (χ4v) is 2.76. The molecule has 2 aromatic heterocycles. The molecule has 0 saturated heterocycles. The summed E-state index contributed by atoms with van der Waals surface area (Å²) < 4.78 is 20.3. The van der Waals surface area contributed by atoms with Crippen molar-refractivity contribution < 1.29 is 18.7 Å². The Balaban J connectivity index is 2.04. The molecular weight excluding hydrogens is 295 g/mol. The number of benzene rings is 1. The van der Waals surface area contributed by atoms with Crippen LogP contribution in [0.2, 0.25) is 0 Å². The summed E-state index contributed by atoms with van der Waals surface area (Å²) in [4.78, 5) is 15.1. The van der Waals surface area contributed by atoms with Crippen molar-refractivity contribution in [1.29, 1.82) is 0 Å². The van der Waals surface area contributed by atoms with Crippen LogP contribution in [-0.4, -0.2) is 26.4 Å². The van der Waals surface area contributed by atoms with E-state index in [2.05, 4.69) is 4.98 Å². The maximum atomic E-state index is 13.5. The van der Waals surface area contributed by atoms with Crippen LogP contribution in [0.5, 0.6) is 0 Å². The molecular formula is C14H11FN2O3S. The third kappa shape index (κ3) is 2.92. The van der Waals surface area contributed by atoms with E-state index in [-0.39, 0.29) is 11.6 Å². The number of carboxylic acid groups (broad SMARTS) is 1. The molecule has 0 amide bonds. The number of rotatable bonds is 5. The number of fused-ring (bicyclic) bond motifs is 1. The quantitative estimate of drug-likeness (QED) is 0.734. The normalized spacial score (nSPS) is 11.1. The number of hydrogen-bond donors (Lipinski definition) is 1. The van der Waals surface area contributed by atoms with E-state index in [0.29, 0.717) is 22.7 Å². The minimum absolute atomic E-state index is 0.100. The maximum Gasteiger partial charge on any atom is 0.313 e. The fraction of sp³-hybridized carbons (Fsp3) is 0.143. The number of carbonyl (C=O) groups is 1. The van der Waals surface area contributed by atoms with Crippen LogP contribution in [0.15, 0.2) is 46.4 Å². The summed E-state index contributed by atoms with van der Waals surface area (Å²) >= 11 is 1.11. The molecule has 0 aliphatic rings. The number of nitrogens with zero attached hydrogens (tertiary/aromatic N) is 2. The van der Waals surface area contributed by atoms with Gasteiger partial charge >= 0.3 is 5.97 Å². The third-order valence-corrected chi connectivity index (χ3v) is 3.88. The number of imidazole rings is 1. The highest BCUT2D eigenvalue weighted by Crippen LogP contribution is 2.26. The number of aliphatic carboxylic acids is 1. The molecule has 5 nitrogen and oxygen atoms in total. The maximum absolute atomic E-state index is 13.5. The summed E-state index contributed by atoms with van der Waals surface area (Å²) in [5.74, 6) is -1.38. The number of halogens is 1. The zero-order chi connectivity index (χ0) is 14.8. The van der Waals surface area contributed by atoms with Gasteiger partial charge in [-0.2, -0.15) is 0 Å². The molecule has 0 bridgehead atoms. The zero-order valence-corrected chi connectivity index (χ0v) is 11.6. The summed E-state index contributed by atoms with van der Waals surface area (Å²) in [6.45, 7) is 0.443. The highest BCUT2D eigenvalue weighted by atomic mass is 32.2. The van der Waals surface area contributed by atoms with Gasteiger partial charge in [-0.05, 0) is 24.3 Å². The van der Waals surface area contributed by atoms with E-state index in [1.807, 2.05) is 0 Å². The summed E-state index contributed by atoms with van der Waals surface area (Å²) in [5.41, 5.74) is 2.16. The molecule has 0 aliphatic carbocycles. The van der Waals surface area contributed by atoms with Crippen LogP contribution < -0.4 is 0 Å². The van der Waals surface area contributed by atoms with E-state index in [9.17, 15) is 9.18 Å². The predicted octanol–water partition coefficient (Wildman–Crippen LogP) is 2.99. The van der Waals surface area contributed by atoms with Gasteiger partial charge in [-0.3, -0.25) is 4.79 Å². The number of carboxylic acids is 1. The molecule has 0 radical (unpaired) electrons. The van der Waals surface area contributed by atoms with E-state index in [1.54, 1.807) is 29.2 Å². The van der Waals surface area contributed by atoms with Gasteiger partial charge in [0.2, 0.25) is 0 Å². The molecule has 2 heterocycles. The number of hydrogen-bond acceptors (Lipinski definition) is 4. The molecule has 7 heteroatoms. The largest absolute Gasteiger partial charge is 0.481 e. The van der Waals surface area contributed by atoms with Gasteiger partial charge in [-0.1, -0.05) is 11.8 Å². The smallest absolute Gasteiger partial charge is 0.313 e. The Morgan fingerprint density at radius 3 is 3.00 bits per heavy atom. The van der Waals surface area contributed by atoms with Crippen molar-refractivity contribution in [3.8, 4) is 0 Å². The molecule has 3 rings (SSSR count). The van der Waals surface area contributed by atoms with Crippen molar-refractivity contribution >= 4 is 28.8 Å². The molecule has 3 aromatic rings. The van der Waals surface area contributed by atoms with Crippen molar-refractivity contribution in [1.82, 2.24) is 9.55 Å². The number of thioether (sulfide) groups is 1. The average Bonchev–Trinajstić information content (AvgIpc) is 3.06. The first-order valence-electron chi connectivity index (χ1n) is 6.15. The van der Waals surface area contributed by atoms with Crippen molar-refractivity contribution in [3.63, 3.8) is 0 Å². The standard InChI is InChI=1S/C14H11FN2O3S/c15-10-1-2-11-12(5-10)17(6-9-3-4-20-7-9)14(16-11)21-8-13(18)19/h1-5,7H,6,8H2,(H,18,19). The monoisotopic (exact) mass is 306 g/mol. The lowest BCUT2D eigenvalue weighted by atomic mass is 10.3. The fourth-order valence-electron chi connectivity index (χ4n) is 2.03. The Morgan fingerprint density at radius 2 is 2.29 bits per heavy atom. The minimum atomic E-state index is -0.923. The van der Waals surface area contributed by atoms with Crippen LogP contribution in [-0.2, 0) is 11.3 Å². The van der Waals surface area contributed by atoms with Gasteiger partial charge < -0.3 is 14.1 Å². The third-order valence-electron chi connectivity index (χ3n) is 2.92. The number of furan rings is 1. The van der Waals surface area contributed by atoms with Crippen LogP contribution in [0.3, 0.4) is 0 Å². The molecule has 0 spiro atoms. The first-order valence-corrected chi connectivity index (χ1v) is 7.13. The highest BCUT2D eigenvalue weighted by Gasteiger charge is 2.14. The SMILES string of the molecule is O=C(O)CSc1nc2ccc(F)cc2n1Cc1ccoc1. The second kappa shape index (κ2) is 5.61. The average molecular weight is 306 g/mol. The molecule has 0 aliphatic heterocycles. The molecule has 0 atom stereocenters. The van der Waals surface area contributed by atoms with Crippen molar-refractivity contribution in [2.24, 2.45) is 0 Å². The molecule has 21 heavy (non-hydrogen) atoms. The molecule has 1 N–H and O–H groups in total. The molecule has 108 valence electrons. The summed E-state index contributed by atoms with van der Waals surface area (Å²) in [6.07, 6.45) is 3.15. The second-order valence-electron chi connectivity index (χ2n) is 4.43. The Kier molecular flexibility index (Phi) is 3.66. The zero-order valence-electron chi connectivity index (χ0n) is 10.8. The summed E-state index contributed by atoms with van der Waals surface area (Å²) in [5, 5.41) is 9.35. The number of aromatic nitrogens is 2. The molecule has 0 fully saturated rings. The van der Waals surface area contributed by atoms with Gasteiger partial charge in [0.25, 0.3) is 0 Å². The van der Waals surface area contributed by atoms with Gasteiger partial charge in [-0.15, -0.1) is 0 Å². The minimum Gasteiger partial charge on any atom is -0.481 e. The molecule has 0 unspecified atom stereocenters. The summed E-state index contributed by atoms with van der Waals surface area (Å²) in [6, 6.07) is 6.12. The lowest BCUT2D eigenvalue weighted by molar-refractivity contribution is -0.133. The first-order chi connectivity index (χ1) is 10.1. The Hall–Kier alpha value is -2.28. The summed E-state index contributed by atoms with van der Waals surface area (Å²) in [7, 11) is 0. The lowest BCUT2D eigenvalue weighted by Gasteiger charge is -2.06. The molecule has 1 aromatic carbocycles. The van der Waals surface area contributed by atoms with Crippen LogP contribution in [0, 0.1) is 5.82 Å². The van der Waals surface area contributed by atoms with E-state index < -0.39 is 5.97 Å². The first kappa shape index (κ1) is 13.7. The van der Waals surface area contributed by atoms with Crippen LogP contribution >= 0.6 is 11.8 Å². The highest BCUT2D eigenvalue weighted by molar-refractivity contribution is 7.99. The van der Waals surface area contributed by atoms with Crippen LogP contribution in [0.25, 0.3) is 11.0 Å². The second-order valence-corrected chi connectivity index (χ2v) is 5.37. The van der Waals surface area contributed by atoms with E-state index in [0.717, 1.165) is 17.3 Å². The Labute approximate surface area is 123 Å². The molecule has 0 saturated carbocycles. The van der Waals surface area contributed by atoms with Gasteiger partial charge in [0, 0.05) is 5.56 Å². The van der Waals surface area contributed by atoms with Crippen molar-refractivity contribution in [3.05, 3.63) is 48.2 Å². The van der Waals surface area contributed by atoms with E-state index in [4.69, 9.17) is 9.52 Å². The van der Waals surface area contributed by atoms with Crippen LogP contribution in [0.1, 0.15) is 5.56 Å². The Morgan fingerprint density at radius 1 is 1.43 bits per heavy atom. The Bertz CT molecular complexity index is 783. The topological polar surface area (TPSA) is 68.3 Å². The van der Waals surface area contributed by atoms with Gasteiger partial charge in [0.1, 0.15) is 5.82 Å². The predicted molar refractivity (Wildman–Crippen MR) is 75.9 cm³/mol. The van der Waals surface area contributed by atoms with E-state index >= 15 is 0 Å². The van der Waals surface area contributed by atoms with Crippen LogP contribution in [0.4, 0.5) is 4.39 Å². The van der Waals surface area contributed by atoms with Crippen molar-refractivity contribution in [2.75, 3.05) is 5.75 Å². The van der Waals surface area contributed by atoms with Gasteiger partial charge in [0.15, 0.2) is 5.16 Å². The van der Waals surface area contributed by atoms with E-state index in [1.165, 1.54) is 12.1 Å². The lowest BCUT2D eigenvalue weighted by Crippen LogP contribution is -2.04. The van der Waals surface area contributed by atoms with Gasteiger partial charge in [-0.25, -0.2) is 9.37 Å². The van der Waals surface area contributed by atoms with Gasteiger partial charge in [0.05, 0.1) is 35.9 Å².